The van der Waals surface area contributed by atoms with Crippen LogP contribution >= 0.6 is 0 Å². The summed E-state index contributed by atoms with van der Waals surface area (Å²) in [5, 5.41) is 7.35. The summed E-state index contributed by atoms with van der Waals surface area (Å²) in [6.07, 6.45) is 3.17. The number of nitrogens with one attached hydrogen (secondary N) is 1. The van der Waals surface area contributed by atoms with Crippen molar-refractivity contribution >= 4 is 21.6 Å². The summed E-state index contributed by atoms with van der Waals surface area (Å²) < 4.78 is 25.2. The standard InChI is InChI=1S/C14H22N4O3S/c1-17-6-7-22(20,21)9-10(17)8-13(19)15-14-11-4-3-5-12(11)16-18(14)2/h10H,3-9H2,1-2H3,(H,15,19). The molecular formula is C14H22N4O3S. The Bertz CT molecular complexity index is 695. The highest BCUT2D eigenvalue weighted by Crippen LogP contribution is 2.28. The molecule has 2 aliphatic rings. The fourth-order valence-electron chi connectivity index (χ4n) is 3.26. The van der Waals surface area contributed by atoms with E-state index in [2.05, 4.69) is 10.4 Å². The Morgan fingerprint density at radius 1 is 1.36 bits per heavy atom. The zero-order chi connectivity index (χ0) is 15.9. The third-order valence-electron chi connectivity index (χ3n) is 4.57. The average molecular weight is 326 g/mol. The molecule has 0 bridgehead atoms. The van der Waals surface area contributed by atoms with Crippen LogP contribution in [-0.2, 0) is 34.5 Å². The molecule has 0 radical (unpaired) electrons. The van der Waals surface area contributed by atoms with Crippen LogP contribution in [0.15, 0.2) is 0 Å². The highest BCUT2D eigenvalue weighted by Gasteiger charge is 2.31. The van der Waals surface area contributed by atoms with Gasteiger partial charge in [-0.25, -0.2) is 8.42 Å². The van der Waals surface area contributed by atoms with Crippen molar-refractivity contribution in [3.05, 3.63) is 11.3 Å². The molecule has 2 heterocycles. The molecule has 22 heavy (non-hydrogen) atoms. The van der Waals surface area contributed by atoms with Crippen molar-refractivity contribution < 1.29 is 13.2 Å². The minimum Gasteiger partial charge on any atom is -0.311 e. The van der Waals surface area contributed by atoms with Gasteiger partial charge in [0.2, 0.25) is 5.91 Å². The van der Waals surface area contributed by atoms with E-state index in [0.29, 0.717) is 6.54 Å². The first-order valence-corrected chi connectivity index (χ1v) is 9.43. The molecule has 122 valence electrons. The van der Waals surface area contributed by atoms with Crippen molar-refractivity contribution in [1.29, 1.82) is 0 Å². The summed E-state index contributed by atoms with van der Waals surface area (Å²) in [7, 11) is 0.665. The van der Waals surface area contributed by atoms with Crippen molar-refractivity contribution in [2.24, 2.45) is 7.05 Å². The number of fused-ring (bicyclic) bond motifs is 1. The smallest absolute Gasteiger partial charge is 0.227 e. The van der Waals surface area contributed by atoms with E-state index in [-0.39, 0.29) is 29.9 Å². The summed E-state index contributed by atoms with van der Waals surface area (Å²) in [6.45, 7) is 0.487. The lowest BCUT2D eigenvalue weighted by Gasteiger charge is -2.31. The molecule has 1 atom stereocenters. The number of hydrogen-bond acceptors (Lipinski definition) is 5. The molecular weight excluding hydrogens is 304 g/mol. The molecule has 0 saturated carbocycles. The van der Waals surface area contributed by atoms with Crippen molar-refractivity contribution in [2.75, 3.05) is 30.4 Å². The normalized spacial score (nSPS) is 24.2. The van der Waals surface area contributed by atoms with Crippen LogP contribution in [0.4, 0.5) is 5.82 Å². The number of aromatic nitrogens is 2. The highest BCUT2D eigenvalue weighted by atomic mass is 32.2. The van der Waals surface area contributed by atoms with E-state index in [4.69, 9.17) is 0 Å². The van der Waals surface area contributed by atoms with Gasteiger partial charge in [-0.3, -0.25) is 9.48 Å². The number of carbonyl (C=O) groups excluding carboxylic acids is 1. The summed E-state index contributed by atoms with van der Waals surface area (Å²) in [5.74, 6) is 0.850. The van der Waals surface area contributed by atoms with Gasteiger partial charge >= 0.3 is 0 Å². The molecule has 0 aromatic carbocycles. The number of carbonyl (C=O) groups is 1. The number of nitrogens with zero attached hydrogens (tertiary/aromatic N) is 3. The van der Waals surface area contributed by atoms with Crippen molar-refractivity contribution in [3.63, 3.8) is 0 Å². The number of rotatable bonds is 3. The van der Waals surface area contributed by atoms with Crippen LogP contribution in [0.3, 0.4) is 0 Å². The van der Waals surface area contributed by atoms with Crippen molar-refractivity contribution in [1.82, 2.24) is 14.7 Å². The maximum atomic E-state index is 12.3. The first-order chi connectivity index (χ1) is 10.4. The van der Waals surface area contributed by atoms with Crippen LogP contribution in [0.1, 0.15) is 24.1 Å². The molecule has 1 N–H and O–H groups in total. The van der Waals surface area contributed by atoms with E-state index in [9.17, 15) is 13.2 Å². The zero-order valence-corrected chi connectivity index (χ0v) is 13.8. The van der Waals surface area contributed by atoms with E-state index in [1.165, 1.54) is 0 Å². The minimum absolute atomic E-state index is 0.0560. The molecule has 1 saturated heterocycles. The number of anilines is 1. The van der Waals surface area contributed by atoms with E-state index < -0.39 is 9.84 Å². The first kappa shape index (κ1) is 15.5. The Balaban J connectivity index is 1.68. The van der Waals surface area contributed by atoms with Gasteiger partial charge in [0.25, 0.3) is 0 Å². The topological polar surface area (TPSA) is 84.3 Å². The minimum atomic E-state index is -3.03. The summed E-state index contributed by atoms with van der Waals surface area (Å²) in [6, 6.07) is -0.250. The lowest BCUT2D eigenvalue weighted by Crippen LogP contribution is -2.47. The third kappa shape index (κ3) is 3.03. The first-order valence-electron chi connectivity index (χ1n) is 7.61. The Kier molecular flexibility index (Phi) is 3.98. The van der Waals surface area contributed by atoms with Crippen LogP contribution in [0.2, 0.25) is 0 Å². The fourth-order valence-corrected chi connectivity index (χ4v) is 4.95. The predicted octanol–water partition coefficient (Wildman–Crippen LogP) is -0.0338. The Hall–Kier alpha value is -1.41. The second-order valence-corrected chi connectivity index (χ2v) is 8.48. The van der Waals surface area contributed by atoms with E-state index in [1.54, 1.807) is 4.68 Å². The lowest BCUT2D eigenvalue weighted by molar-refractivity contribution is -0.117. The predicted molar refractivity (Wildman–Crippen MR) is 83.6 cm³/mol. The number of sulfone groups is 1. The second-order valence-electron chi connectivity index (χ2n) is 6.25. The Labute approximate surface area is 130 Å². The summed E-state index contributed by atoms with van der Waals surface area (Å²) in [4.78, 5) is 14.3. The van der Waals surface area contributed by atoms with E-state index >= 15 is 0 Å². The molecule has 1 aliphatic heterocycles. The van der Waals surface area contributed by atoms with Gasteiger partial charge in [-0.2, -0.15) is 5.10 Å². The van der Waals surface area contributed by atoms with Crippen molar-refractivity contribution in [2.45, 2.75) is 31.7 Å². The molecule has 0 spiro atoms. The zero-order valence-electron chi connectivity index (χ0n) is 13.0. The number of amides is 1. The number of hydrogen-bond donors (Lipinski definition) is 1. The van der Waals surface area contributed by atoms with Gasteiger partial charge in [-0.05, 0) is 26.3 Å². The van der Waals surface area contributed by atoms with Gasteiger partial charge in [0.1, 0.15) is 5.82 Å². The van der Waals surface area contributed by atoms with Crippen LogP contribution in [0, 0.1) is 0 Å². The summed E-state index contributed by atoms with van der Waals surface area (Å²) >= 11 is 0. The third-order valence-corrected chi connectivity index (χ3v) is 6.27. The lowest BCUT2D eigenvalue weighted by atomic mass is 10.2. The monoisotopic (exact) mass is 326 g/mol. The summed E-state index contributed by atoms with van der Waals surface area (Å²) in [5.41, 5.74) is 2.19. The Morgan fingerprint density at radius 3 is 2.91 bits per heavy atom. The molecule has 1 fully saturated rings. The molecule has 1 aromatic rings. The largest absolute Gasteiger partial charge is 0.311 e. The van der Waals surface area contributed by atoms with Gasteiger partial charge in [0.15, 0.2) is 9.84 Å². The van der Waals surface area contributed by atoms with Gasteiger partial charge < -0.3 is 10.2 Å². The van der Waals surface area contributed by atoms with Gasteiger partial charge in [-0.1, -0.05) is 0 Å². The van der Waals surface area contributed by atoms with Crippen LogP contribution < -0.4 is 5.32 Å². The molecule has 1 aliphatic carbocycles. The van der Waals surface area contributed by atoms with Gasteiger partial charge in [0, 0.05) is 31.6 Å². The van der Waals surface area contributed by atoms with Gasteiger partial charge in [-0.15, -0.1) is 0 Å². The van der Waals surface area contributed by atoms with Gasteiger partial charge in [0.05, 0.1) is 17.2 Å². The fraction of sp³-hybridized carbons (Fsp3) is 0.714. The molecule has 7 nitrogen and oxygen atoms in total. The molecule has 1 amide bonds. The Morgan fingerprint density at radius 2 is 2.14 bits per heavy atom. The second kappa shape index (κ2) is 5.66. The van der Waals surface area contributed by atoms with E-state index in [1.807, 2.05) is 19.0 Å². The van der Waals surface area contributed by atoms with E-state index in [0.717, 1.165) is 36.3 Å². The molecule has 8 heteroatoms. The quantitative estimate of drug-likeness (QED) is 0.843. The van der Waals surface area contributed by atoms with Crippen LogP contribution in [0.25, 0.3) is 0 Å². The van der Waals surface area contributed by atoms with Crippen LogP contribution in [0.5, 0.6) is 0 Å². The molecule has 1 aromatic heterocycles. The average Bonchev–Trinajstić information content (AvgIpc) is 2.97. The SMILES string of the molecule is CN1CCS(=O)(=O)CC1CC(=O)Nc1c2c(nn1C)CCC2. The maximum absolute atomic E-state index is 12.3. The van der Waals surface area contributed by atoms with Crippen molar-refractivity contribution in [3.8, 4) is 0 Å². The maximum Gasteiger partial charge on any atom is 0.227 e. The molecule has 3 rings (SSSR count). The highest BCUT2D eigenvalue weighted by molar-refractivity contribution is 7.91. The number of aryl methyl sites for hydroxylation is 2. The molecule has 1 unspecified atom stereocenters. The van der Waals surface area contributed by atoms with Crippen LogP contribution in [-0.4, -0.2) is 60.1 Å².